The molecule has 0 amide bonds. The van der Waals surface area contributed by atoms with Crippen molar-refractivity contribution in [2.24, 2.45) is 0 Å². The summed E-state index contributed by atoms with van der Waals surface area (Å²) in [6.07, 6.45) is 4.46. The maximum Gasteiger partial charge on any atom is 0.418 e. The number of carbonyl (C=O) groups excluding carboxylic acids is 1. The maximum atomic E-state index is 12.3. The second kappa shape index (κ2) is 7.41. The highest BCUT2D eigenvalue weighted by Gasteiger charge is 2.19. The molecule has 0 fully saturated rings. The average molecular weight is 406 g/mol. The summed E-state index contributed by atoms with van der Waals surface area (Å²) in [6.45, 7) is 7.50. The van der Waals surface area contributed by atoms with Gasteiger partial charge in [-0.1, -0.05) is 23.2 Å². The van der Waals surface area contributed by atoms with Crippen molar-refractivity contribution in [2.75, 3.05) is 5.32 Å². The van der Waals surface area contributed by atoms with Crippen molar-refractivity contribution < 1.29 is 9.53 Å². The number of anilines is 1. The Labute approximate surface area is 168 Å². The fourth-order valence-corrected chi connectivity index (χ4v) is 3.55. The van der Waals surface area contributed by atoms with E-state index in [2.05, 4.69) is 10.3 Å². The molecule has 0 aliphatic rings. The maximum absolute atomic E-state index is 12.3. The van der Waals surface area contributed by atoms with Gasteiger partial charge in [0.25, 0.3) is 0 Å². The first-order valence-electron chi connectivity index (χ1n) is 8.55. The lowest BCUT2D eigenvalue weighted by Gasteiger charge is -2.20. The molecule has 0 aliphatic heterocycles. The Morgan fingerprint density at radius 3 is 2.48 bits per heavy atom. The van der Waals surface area contributed by atoms with Crippen LogP contribution in [0.5, 0.6) is 0 Å². The summed E-state index contributed by atoms with van der Waals surface area (Å²) < 4.78 is 6.95. The molecule has 0 saturated carbocycles. The molecule has 2 aromatic heterocycles. The first kappa shape index (κ1) is 19.5. The molecule has 3 rings (SSSR count). The standard InChI is InChI=1S/C20H21Cl2N3O2/c1-12(18-15(21)10-23-11-16(18)22)24-14-5-6-17-13(9-14)7-8-25(17)19(26)27-20(2,3)4/h5-12,24H,1-4H3. The number of nitrogens with zero attached hydrogens (tertiary/aromatic N) is 2. The van der Waals surface area contributed by atoms with Crippen molar-refractivity contribution in [2.45, 2.75) is 39.3 Å². The van der Waals surface area contributed by atoms with E-state index in [4.69, 9.17) is 27.9 Å². The molecule has 0 saturated heterocycles. The van der Waals surface area contributed by atoms with Crippen LogP contribution in [0.15, 0.2) is 42.9 Å². The van der Waals surface area contributed by atoms with E-state index in [1.807, 2.05) is 52.0 Å². The Balaban J connectivity index is 1.85. The Morgan fingerprint density at radius 1 is 1.19 bits per heavy atom. The molecule has 27 heavy (non-hydrogen) atoms. The Morgan fingerprint density at radius 2 is 1.85 bits per heavy atom. The highest BCUT2D eigenvalue weighted by molar-refractivity contribution is 6.35. The minimum Gasteiger partial charge on any atom is -0.443 e. The molecule has 0 radical (unpaired) electrons. The van der Waals surface area contributed by atoms with Gasteiger partial charge in [-0.3, -0.25) is 9.55 Å². The third kappa shape index (κ3) is 4.37. The number of fused-ring (bicyclic) bond motifs is 1. The summed E-state index contributed by atoms with van der Waals surface area (Å²) in [5, 5.41) is 5.34. The van der Waals surface area contributed by atoms with Gasteiger partial charge in [0.2, 0.25) is 0 Å². The Bertz CT molecular complexity index is 972. The van der Waals surface area contributed by atoms with E-state index in [0.717, 1.165) is 22.2 Å². The highest BCUT2D eigenvalue weighted by atomic mass is 35.5. The third-order valence-corrected chi connectivity index (χ3v) is 4.59. The monoisotopic (exact) mass is 405 g/mol. The van der Waals surface area contributed by atoms with Gasteiger partial charge in [0.15, 0.2) is 0 Å². The van der Waals surface area contributed by atoms with E-state index in [9.17, 15) is 4.79 Å². The van der Waals surface area contributed by atoms with Gasteiger partial charge >= 0.3 is 6.09 Å². The number of hydrogen-bond donors (Lipinski definition) is 1. The molecule has 5 nitrogen and oxygen atoms in total. The minimum absolute atomic E-state index is 0.113. The van der Waals surface area contributed by atoms with Crippen LogP contribution in [0.4, 0.5) is 10.5 Å². The molecule has 2 heterocycles. The molecule has 1 atom stereocenters. The normalized spacial score (nSPS) is 12.8. The first-order valence-corrected chi connectivity index (χ1v) is 9.31. The molecule has 0 bridgehead atoms. The van der Waals surface area contributed by atoms with E-state index >= 15 is 0 Å². The summed E-state index contributed by atoms with van der Waals surface area (Å²) in [5.74, 6) is 0. The zero-order valence-electron chi connectivity index (χ0n) is 15.6. The molecule has 1 unspecified atom stereocenters. The zero-order chi connectivity index (χ0) is 19.8. The topological polar surface area (TPSA) is 56.2 Å². The number of aromatic nitrogens is 2. The largest absolute Gasteiger partial charge is 0.443 e. The number of benzene rings is 1. The van der Waals surface area contributed by atoms with E-state index in [1.165, 1.54) is 4.57 Å². The predicted octanol–water partition coefficient (Wildman–Crippen LogP) is 6.30. The number of nitrogens with one attached hydrogen (secondary N) is 1. The van der Waals surface area contributed by atoms with E-state index in [-0.39, 0.29) is 6.04 Å². The predicted molar refractivity (Wildman–Crippen MR) is 110 cm³/mol. The fraction of sp³-hybridized carbons (Fsp3) is 0.300. The Kier molecular flexibility index (Phi) is 5.36. The molecule has 3 aromatic rings. The lowest BCUT2D eigenvalue weighted by molar-refractivity contribution is 0.0544. The van der Waals surface area contributed by atoms with E-state index in [0.29, 0.717) is 10.0 Å². The van der Waals surface area contributed by atoms with Crippen LogP contribution in [-0.4, -0.2) is 21.2 Å². The van der Waals surface area contributed by atoms with Crippen LogP contribution in [0.25, 0.3) is 10.9 Å². The van der Waals surface area contributed by atoms with Gasteiger partial charge in [-0.05, 0) is 52.0 Å². The van der Waals surface area contributed by atoms with Crippen LogP contribution >= 0.6 is 23.2 Å². The molecule has 0 spiro atoms. The van der Waals surface area contributed by atoms with Gasteiger partial charge < -0.3 is 10.1 Å². The summed E-state index contributed by atoms with van der Waals surface area (Å²) in [7, 11) is 0. The number of hydrogen-bond acceptors (Lipinski definition) is 4. The summed E-state index contributed by atoms with van der Waals surface area (Å²) in [4.78, 5) is 16.3. The summed E-state index contributed by atoms with van der Waals surface area (Å²) in [6, 6.07) is 7.52. The zero-order valence-corrected chi connectivity index (χ0v) is 17.1. The van der Waals surface area contributed by atoms with Gasteiger partial charge in [-0.25, -0.2) is 4.79 Å². The summed E-state index contributed by atoms with van der Waals surface area (Å²) >= 11 is 12.5. The molecule has 1 N–H and O–H groups in total. The van der Waals surface area contributed by atoms with Crippen molar-refractivity contribution in [3.8, 4) is 0 Å². The van der Waals surface area contributed by atoms with Gasteiger partial charge in [-0.15, -0.1) is 0 Å². The molecule has 1 aromatic carbocycles. The van der Waals surface area contributed by atoms with Gasteiger partial charge in [-0.2, -0.15) is 0 Å². The number of pyridine rings is 1. The van der Waals surface area contributed by atoms with Crippen molar-refractivity contribution in [3.05, 3.63) is 58.5 Å². The van der Waals surface area contributed by atoms with Gasteiger partial charge in [0.05, 0.1) is 21.6 Å². The molecule has 0 aliphatic carbocycles. The first-order chi connectivity index (χ1) is 12.7. The molecular weight excluding hydrogens is 385 g/mol. The van der Waals surface area contributed by atoms with Crippen molar-refractivity contribution in [3.63, 3.8) is 0 Å². The minimum atomic E-state index is -0.548. The van der Waals surface area contributed by atoms with E-state index < -0.39 is 11.7 Å². The van der Waals surface area contributed by atoms with Crippen LogP contribution in [0.2, 0.25) is 10.0 Å². The quantitative estimate of drug-likeness (QED) is 0.555. The number of rotatable bonds is 3. The second-order valence-electron chi connectivity index (χ2n) is 7.32. The van der Waals surface area contributed by atoms with Gasteiger partial charge in [0.1, 0.15) is 5.60 Å². The van der Waals surface area contributed by atoms with Crippen LogP contribution < -0.4 is 5.32 Å². The third-order valence-electron chi connectivity index (χ3n) is 3.99. The van der Waals surface area contributed by atoms with Crippen LogP contribution in [0.1, 0.15) is 39.3 Å². The number of halogens is 2. The highest BCUT2D eigenvalue weighted by Crippen LogP contribution is 2.32. The lowest BCUT2D eigenvalue weighted by atomic mass is 10.1. The second-order valence-corrected chi connectivity index (χ2v) is 8.14. The smallest absolute Gasteiger partial charge is 0.418 e. The lowest BCUT2D eigenvalue weighted by Crippen LogP contribution is -2.26. The number of ether oxygens (including phenoxy) is 1. The van der Waals surface area contributed by atoms with Crippen LogP contribution in [-0.2, 0) is 4.74 Å². The van der Waals surface area contributed by atoms with Crippen molar-refractivity contribution >= 4 is 45.9 Å². The van der Waals surface area contributed by atoms with Crippen molar-refractivity contribution in [1.82, 2.24) is 9.55 Å². The van der Waals surface area contributed by atoms with E-state index in [1.54, 1.807) is 18.6 Å². The molecule has 142 valence electrons. The fourth-order valence-electron chi connectivity index (χ4n) is 2.86. The summed E-state index contributed by atoms with van der Waals surface area (Å²) in [5.41, 5.74) is 1.91. The number of carbonyl (C=O) groups is 1. The SMILES string of the molecule is CC(Nc1ccc2c(ccn2C(=O)OC(C)(C)C)c1)c1c(Cl)cncc1Cl. The molecule has 7 heteroatoms. The van der Waals surface area contributed by atoms with Crippen LogP contribution in [0.3, 0.4) is 0 Å². The average Bonchev–Trinajstić information content (AvgIpc) is 2.96. The van der Waals surface area contributed by atoms with Crippen LogP contribution in [0, 0.1) is 0 Å². The Hall–Kier alpha value is -2.24. The van der Waals surface area contributed by atoms with Gasteiger partial charge in [0, 0.05) is 35.2 Å². The van der Waals surface area contributed by atoms with Crippen molar-refractivity contribution in [1.29, 1.82) is 0 Å². The molecular formula is C20H21Cl2N3O2.